The van der Waals surface area contributed by atoms with Gasteiger partial charge in [-0.2, -0.15) is 0 Å². The van der Waals surface area contributed by atoms with Gasteiger partial charge in [0.25, 0.3) is 0 Å². The quantitative estimate of drug-likeness (QED) is 0.803. The van der Waals surface area contributed by atoms with E-state index in [-0.39, 0.29) is 19.1 Å². The predicted molar refractivity (Wildman–Crippen MR) is 72.9 cm³/mol. The number of hydrogen-bond donors (Lipinski definition) is 2. The van der Waals surface area contributed by atoms with E-state index in [2.05, 4.69) is 0 Å². The summed E-state index contributed by atoms with van der Waals surface area (Å²) in [6, 6.07) is 7.22. The van der Waals surface area contributed by atoms with Crippen LogP contribution < -0.4 is 10.5 Å². The van der Waals surface area contributed by atoms with E-state index in [4.69, 9.17) is 10.5 Å². The molecule has 0 aromatic heterocycles. The average molecular weight is 285 g/mol. The van der Waals surface area contributed by atoms with Gasteiger partial charge in [0.15, 0.2) is 9.84 Å². The van der Waals surface area contributed by atoms with E-state index in [0.717, 1.165) is 5.56 Å². The van der Waals surface area contributed by atoms with E-state index in [1.54, 1.807) is 19.2 Å². The van der Waals surface area contributed by atoms with E-state index in [1.807, 2.05) is 12.1 Å². The summed E-state index contributed by atoms with van der Waals surface area (Å²) in [5.74, 6) is 0.464. The van der Waals surface area contributed by atoms with Crippen LogP contribution in [-0.2, 0) is 9.84 Å². The van der Waals surface area contributed by atoms with Gasteiger partial charge in [-0.05, 0) is 17.7 Å². The second-order valence-corrected chi connectivity index (χ2v) is 7.26. The van der Waals surface area contributed by atoms with E-state index in [0.29, 0.717) is 5.75 Å². The van der Waals surface area contributed by atoms with Crippen LogP contribution >= 0.6 is 0 Å². The third kappa shape index (κ3) is 2.24. The highest BCUT2D eigenvalue weighted by atomic mass is 32.2. The Bertz CT molecular complexity index is 549. The Morgan fingerprint density at radius 3 is 2.26 bits per heavy atom. The Kier molecular flexibility index (Phi) is 3.59. The topological polar surface area (TPSA) is 89.6 Å². The summed E-state index contributed by atoms with van der Waals surface area (Å²) < 4.78 is 28.8. The number of rotatable bonds is 5. The number of sulfone groups is 1. The average Bonchev–Trinajstić information content (AvgIpc) is 3.09. The molecule has 1 aliphatic rings. The molecule has 1 aromatic rings. The molecule has 1 aliphatic carbocycles. The van der Waals surface area contributed by atoms with Crippen LogP contribution in [0, 0.1) is 5.41 Å². The van der Waals surface area contributed by atoms with Gasteiger partial charge in [-0.1, -0.05) is 12.1 Å². The second kappa shape index (κ2) is 4.77. The van der Waals surface area contributed by atoms with E-state index >= 15 is 0 Å². The molecular formula is C13H19NO4S. The molecule has 0 spiro atoms. The first kappa shape index (κ1) is 14.3. The van der Waals surface area contributed by atoms with Crippen LogP contribution in [0.5, 0.6) is 5.75 Å². The number of aliphatic hydroxyl groups is 1. The van der Waals surface area contributed by atoms with Gasteiger partial charge < -0.3 is 15.6 Å². The Balaban J connectivity index is 2.37. The Labute approximate surface area is 113 Å². The van der Waals surface area contributed by atoms with E-state index in [9.17, 15) is 13.5 Å². The van der Waals surface area contributed by atoms with Crippen molar-refractivity contribution in [3.05, 3.63) is 29.8 Å². The molecule has 3 unspecified atom stereocenters. The van der Waals surface area contributed by atoms with Crippen molar-refractivity contribution in [2.75, 3.05) is 26.5 Å². The van der Waals surface area contributed by atoms with Gasteiger partial charge >= 0.3 is 0 Å². The molecule has 19 heavy (non-hydrogen) atoms. The summed E-state index contributed by atoms with van der Waals surface area (Å²) >= 11 is 0. The molecule has 1 saturated carbocycles. The van der Waals surface area contributed by atoms with Crippen LogP contribution in [0.25, 0.3) is 0 Å². The summed E-state index contributed by atoms with van der Waals surface area (Å²) in [5, 5.41) is 8.95. The zero-order valence-corrected chi connectivity index (χ0v) is 11.9. The first-order valence-corrected chi connectivity index (χ1v) is 8.00. The third-order valence-corrected chi connectivity index (χ3v) is 5.65. The van der Waals surface area contributed by atoms with Crippen molar-refractivity contribution in [3.8, 4) is 5.75 Å². The molecule has 3 N–H and O–H groups in total. The SMILES string of the molecule is COc1ccc(C2C(S(C)(=O)=O)C2(CN)CO)cc1. The number of methoxy groups -OCH3 is 1. The summed E-state index contributed by atoms with van der Waals surface area (Å²) in [7, 11) is -1.67. The van der Waals surface area contributed by atoms with Crippen LogP contribution in [0.3, 0.4) is 0 Å². The van der Waals surface area contributed by atoms with Crippen LogP contribution in [0.4, 0.5) is 0 Å². The lowest BCUT2D eigenvalue weighted by Gasteiger charge is -2.11. The summed E-state index contributed by atoms with van der Waals surface area (Å²) in [6.07, 6.45) is 1.20. The Morgan fingerprint density at radius 1 is 1.37 bits per heavy atom. The van der Waals surface area contributed by atoms with Gasteiger partial charge in [0.1, 0.15) is 5.75 Å². The molecule has 0 amide bonds. The molecular weight excluding hydrogens is 266 g/mol. The lowest BCUT2D eigenvalue weighted by atomic mass is 10.00. The molecule has 0 heterocycles. The highest BCUT2D eigenvalue weighted by Crippen LogP contribution is 2.61. The second-order valence-electron chi connectivity index (χ2n) is 5.10. The monoisotopic (exact) mass is 285 g/mol. The van der Waals surface area contributed by atoms with Crippen molar-refractivity contribution >= 4 is 9.84 Å². The molecule has 0 saturated heterocycles. The maximum absolute atomic E-state index is 11.8. The van der Waals surface area contributed by atoms with Crippen molar-refractivity contribution in [2.45, 2.75) is 11.2 Å². The molecule has 0 aliphatic heterocycles. The largest absolute Gasteiger partial charge is 0.497 e. The number of nitrogens with two attached hydrogens (primary N) is 1. The van der Waals surface area contributed by atoms with Gasteiger partial charge in [-0.15, -0.1) is 0 Å². The van der Waals surface area contributed by atoms with Gasteiger partial charge in [0.05, 0.1) is 19.0 Å². The minimum absolute atomic E-state index is 0.151. The summed E-state index contributed by atoms with van der Waals surface area (Å²) in [4.78, 5) is 0. The predicted octanol–water partition coefficient (Wildman–Crippen LogP) is 0.143. The van der Waals surface area contributed by atoms with Crippen molar-refractivity contribution in [1.29, 1.82) is 0 Å². The lowest BCUT2D eigenvalue weighted by molar-refractivity contribution is 0.212. The van der Waals surface area contributed by atoms with Gasteiger partial charge in [0.2, 0.25) is 0 Å². The zero-order chi connectivity index (χ0) is 14.3. The minimum atomic E-state index is -3.25. The molecule has 3 atom stereocenters. The number of ether oxygens (including phenoxy) is 1. The molecule has 5 nitrogen and oxygen atoms in total. The molecule has 0 bridgehead atoms. The normalized spacial score (nSPS) is 30.1. The van der Waals surface area contributed by atoms with Crippen LogP contribution in [0.2, 0.25) is 0 Å². The molecule has 6 heteroatoms. The highest BCUT2D eigenvalue weighted by Gasteiger charge is 2.68. The fourth-order valence-electron chi connectivity index (χ4n) is 2.94. The van der Waals surface area contributed by atoms with Crippen LogP contribution in [-0.4, -0.2) is 45.3 Å². The lowest BCUT2D eigenvalue weighted by Crippen LogP contribution is -2.27. The summed E-state index contributed by atoms with van der Waals surface area (Å²) in [5.41, 5.74) is 5.82. The standard InChI is InChI=1S/C13H19NO4S/c1-18-10-5-3-9(4-6-10)11-12(19(2,16)17)13(11,7-14)8-15/h3-6,11-12,15H,7-8,14H2,1-2H3. The minimum Gasteiger partial charge on any atom is -0.497 e. The maximum atomic E-state index is 11.8. The van der Waals surface area contributed by atoms with Crippen molar-refractivity contribution in [3.63, 3.8) is 0 Å². The number of hydrogen-bond acceptors (Lipinski definition) is 5. The Hall–Kier alpha value is -1.11. The summed E-state index contributed by atoms with van der Waals surface area (Å²) in [6.45, 7) is -0.0735. The molecule has 1 aromatic carbocycles. The Morgan fingerprint density at radius 2 is 1.95 bits per heavy atom. The molecule has 106 valence electrons. The van der Waals surface area contributed by atoms with E-state index < -0.39 is 20.5 Å². The van der Waals surface area contributed by atoms with Gasteiger partial charge in [-0.25, -0.2) is 8.42 Å². The fraction of sp³-hybridized carbons (Fsp3) is 0.538. The highest BCUT2D eigenvalue weighted by molar-refractivity contribution is 7.91. The number of aliphatic hydroxyl groups excluding tert-OH is 1. The van der Waals surface area contributed by atoms with E-state index in [1.165, 1.54) is 6.26 Å². The maximum Gasteiger partial charge on any atom is 0.151 e. The van der Waals surface area contributed by atoms with Crippen LogP contribution in [0.15, 0.2) is 24.3 Å². The fourth-order valence-corrected chi connectivity index (χ4v) is 4.95. The van der Waals surface area contributed by atoms with Crippen molar-refractivity contribution < 1.29 is 18.3 Å². The smallest absolute Gasteiger partial charge is 0.151 e. The molecule has 0 radical (unpaired) electrons. The van der Waals surface area contributed by atoms with Crippen LogP contribution in [0.1, 0.15) is 11.5 Å². The van der Waals surface area contributed by atoms with Crippen molar-refractivity contribution in [1.82, 2.24) is 0 Å². The number of benzene rings is 1. The first-order valence-electron chi connectivity index (χ1n) is 6.04. The van der Waals surface area contributed by atoms with Gasteiger partial charge in [-0.3, -0.25) is 0 Å². The molecule has 1 fully saturated rings. The van der Waals surface area contributed by atoms with Gasteiger partial charge in [0, 0.05) is 24.1 Å². The zero-order valence-electron chi connectivity index (χ0n) is 11.0. The molecule has 2 rings (SSSR count). The first-order chi connectivity index (χ1) is 8.90. The third-order valence-electron chi connectivity index (χ3n) is 3.99. The van der Waals surface area contributed by atoms with Crippen molar-refractivity contribution in [2.24, 2.45) is 11.1 Å².